The molecule has 13 heteroatoms. The Bertz CT molecular complexity index is 621. The molecule has 0 aromatic heterocycles. The third kappa shape index (κ3) is 4.74. The van der Waals surface area contributed by atoms with Crippen LogP contribution in [0.3, 0.4) is 0 Å². The van der Waals surface area contributed by atoms with Gasteiger partial charge in [-0.05, 0) is 0 Å². The van der Waals surface area contributed by atoms with Crippen LogP contribution in [0.1, 0.15) is 6.92 Å². The predicted octanol–water partition coefficient (Wildman–Crippen LogP) is -4.44. The maximum atomic E-state index is 12.1. The Labute approximate surface area is 172 Å². The highest BCUT2D eigenvalue weighted by Crippen LogP contribution is 2.31. The number of methoxy groups -OCH3 is 1. The molecule has 0 spiro atoms. The molecule has 0 aromatic carbocycles. The molecule has 3 fully saturated rings. The van der Waals surface area contributed by atoms with Gasteiger partial charge in [0.15, 0.2) is 12.6 Å². The molecule has 3 rings (SSSR count). The summed E-state index contributed by atoms with van der Waals surface area (Å²) in [6.45, 7) is 0.128. The van der Waals surface area contributed by atoms with E-state index in [1.54, 1.807) is 0 Å². The number of ether oxygens (including phenoxy) is 5. The fourth-order valence-electron chi connectivity index (χ4n) is 3.78. The molecule has 0 unspecified atom stereocenters. The molecule has 3 heterocycles. The van der Waals surface area contributed by atoms with E-state index in [9.17, 15) is 30.0 Å². The van der Waals surface area contributed by atoms with Gasteiger partial charge in [0.2, 0.25) is 11.8 Å². The zero-order chi connectivity index (χ0) is 22.0. The maximum Gasteiger partial charge on any atom is 0.246 e. The lowest BCUT2D eigenvalue weighted by molar-refractivity contribution is -0.349. The summed E-state index contributed by atoms with van der Waals surface area (Å²) >= 11 is 0. The second-order valence-electron chi connectivity index (χ2n) is 7.38. The topological polar surface area (TPSA) is 185 Å². The molecule has 0 bridgehead atoms. The summed E-state index contributed by atoms with van der Waals surface area (Å²) in [5.41, 5.74) is 0. The van der Waals surface area contributed by atoms with Gasteiger partial charge in [0.1, 0.15) is 55.4 Å². The zero-order valence-corrected chi connectivity index (χ0v) is 16.5. The highest BCUT2D eigenvalue weighted by molar-refractivity contribution is 5.77. The SMILES string of the molecule is CO[C@@H]1O[C@@H]2CNC(=O)CO[C@H]3[C@@H](O[C@H]2[C@H](O)[C@H]1NC(C)=O)O[C@H](CO)[C@H](O)[C@@H]3O. The molecule has 13 nitrogen and oxygen atoms in total. The highest BCUT2D eigenvalue weighted by Gasteiger charge is 2.52. The lowest BCUT2D eigenvalue weighted by Gasteiger charge is -2.48. The first-order chi connectivity index (χ1) is 14.3. The molecule has 3 aliphatic rings. The Balaban J connectivity index is 1.89. The minimum atomic E-state index is -1.54. The maximum absolute atomic E-state index is 12.1. The van der Waals surface area contributed by atoms with Crippen molar-refractivity contribution < 1.29 is 53.7 Å². The molecule has 0 radical (unpaired) electrons. The van der Waals surface area contributed by atoms with Gasteiger partial charge in [0.05, 0.1) is 6.61 Å². The second kappa shape index (κ2) is 9.80. The van der Waals surface area contributed by atoms with Crippen LogP contribution in [0.4, 0.5) is 0 Å². The molecule has 0 aliphatic carbocycles. The number of aliphatic hydroxyl groups is 4. The number of nitrogens with one attached hydrogen (secondary N) is 2. The van der Waals surface area contributed by atoms with Crippen LogP contribution in [0.5, 0.6) is 0 Å². The molecule has 10 atom stereocenters. The molecule has 0 saturated carbocycles. The van der Waals surface area contributed by atoms with Crippen LogP contribution < -0.4 is 10.6 Å². The number of carbonyl (C=O) groups excluding carboxylic acids is 2. The first kappa shape index (κ1) is 23.2. The van der Waals surface area contributed by atoms with Crippen LogP contribution in [0.25, 0.3) is 0 Å². The van der Waals surface area contributed by atoms with Crippen molar-refractivity contribution in [3.63, 3.8) is 0 Å². The molecule has 172 valence electrons. The van der Waals surface area contributed by atoms with Crippen LogP contribution in [0.15, 0.2) is 0 Å². The van der Waals surface area contributed by atoms with Gasteiger partial charge in [-0.3, -0.25) is 9.59 Å². The minimum Gasteiger partial charge on any atom is -0.394 e. The van der Waals surface area contributed by atoms with E-state index in [1.807, 2.05) is 0 Å². The quantitative estimate of drug-likeness (QED) is 0.251. The smallest absolute Gasteiger partial charge is 0.246 e. The summed E-state index contributed by atoms with van der Waals surface area (Å²) in [4.78, 5) is 23.7. The molecule has 3 aliphatic heterocycles. The zero-order valence-electron chi connectivity index (χ0n) is 16.5. The summed E-state index contributed by atoms with van der Waals surface area (Å²) in [5.74, 6) is -0.971. The number of carbonyl (C=O) groups is 2. The van der Waals surface area contributed by atoms with Crippen LogP contribution >= 0.6 is 0 Å². The molecular weight excluding hydrogens is 408 g/mol. The average molecular weight is 436 g/mol. The van der Waals surface area contributed by atoms with Crippen molar-refractivity contribution in [2.45, 2.75) is 68.3 Å². The van der Waals surface area contributed by atoms with Gasteiger partial charge < -0.3 is 54.7 Å². The molecule has 30 heavy (non-hydrogen) atoms. The lowest BCUT2D eigenvalue weighted by atomic mass is 9.95. The summed E-state index contributed by atoms with van der Waals surface area (Å²) in [5, 5.41) is 46.0. The van der Waals surface area contributed by atoms with Gasteiger partial charge in [0.25, 0.3) is 0 Å². The van der Waals surface area contributed by atoms with E-state index < -0.39 is 86.4 Å². The van der Waals surface area contributed by atoms with Crippen molar-refractivity contribution in [2.24, 2.45) is 0 Å². The number of amides is 2. The Kier molecular flexibility index (Phi) is 7.60. The lowest BCUT2D eigenvalue weighted by Crippen LogP contribution is -2.69. The van der Waals surface area contributed by atoms with Gasteiger partial charge in [-0.25, -0.2) is 0 Å². The third-order valence-electron chi connectivity index (χ3n) is 5.30. The Morgan fingerprint density at radius 1 is 1.17 bits per heavy atom. The van der Waals surface area contributed by atoms with Crippen molar-refractivity contribution in [3.8, 4) is 0 Å². The minimum absolute atomic E-state index is 0.0669. The Morgan fingerprint density at radius 3 is 2.53 bits per heavy atom. The second-order valence-corrected chi connectivity index (χ2v) is 7.38. The Morgan fingerprint density at radius 2 is 1.90 bits per heavy atom. The number of rotatable bonds is 3. The van der Waals surface area contributed by atoms with E-state index in [4.69, 9.17) is 23.7 Å². The molecule has 6 N–H and O–H groups in total. The van der Waals surface area contributed by atoms with Crippen LogP contribution in [0, 0.1) is 0 Å². The standard InChI is InChI=1S/C17H28N2O11/c1-6(21)19-10-12(24)14-7(28-16(10)26-2)3-18-9(22)5-27-15-13(25)11(23)8(4-20)29-17(15)30-14/h7-8,10-17,20,23-25H,3-5H2,1-2H3,(H,18,22)(H,19,21)/t7-,8-,10-,11+,12-,13+,14-,15-,16-,17-/m1/s1. The van der Waals surface area contributed by atoms with Crippen LogP contribution in [0.2, 0.25) is 0 Å². The van der Waals surface area contributed by atoms with Gasteiger partial charge in [-0.1, -0.05) is 0 Å². The highest BCUT2D eigenvalue weighted by atomic mass is 16.7. The largest absolute Gasteiger partial charge is 0.394 e. The summed E-state index contributed by atoms with van der Waals surface area (Å²) in [6.07, 6.45) is -11.3. The van der Waals surface area contributed by atoms with E-state index in [-0.39, 0.29) is 6.54 Å². The van der Waals surface area contributed by atoms with Crippen molar-refractivity contribution in [3.05, 3.63) is 0 Å². The van der Waals surface area contributed by atoms with E-state index in [1.165, 1.54) is 14.0 Å². The summed E-state index contributed by atoms with van der Waals surface area (Å²) in [7, 11) is 1.34. The van der Waals surface area contributed by atoms with Crippen LogP contribution in [-0.4, -0.2) is 120 Å². The monoisotopic (exact) mass is 436 g/mol. The fraction of sp³-hybridized carbons (Fsp3) is 0.882. The molecular formula is C17H28N2O11. The third-order valence-corrected chi connectivity index (χ3v) is 5.30. The van der Waals surface area contributed by atoms with E-state index >= 15 is 0 Å². The molecule has 0 aromatic rings. The number of aliphatic hydroxyl groups excluding tert-OH is 4. The Hall–Kier alpha value is -1.42. The fourth-order valence-corrected chi connectivity index (χ4v) is 3.78. The van der Waals surface area contributed by atoms with Crippen molar-refractivity contribution in [1.29, 1.82) is 0 Å². The first-order valence-electron chi connectivity index (χ1n) is 9.56. The van der Waals surface area contributed by atoms with Gasteiger partial charge in [0, 0.05) is 20.6 Å². The molecule has 2 amide bonds. The van der Waals surface area contributed by atoms with Gasteiger partial charge in [-0.2, -0.15) is 0 Å². The number of fused-ring (bicyclic) bond motifs is 2. The number of hydrogen-bond donors (Lipinski definition) is 6. The average Bonchev–Trinajstić information content (AvgIpc) is 2.71. The van der Waals surface area contributed by atoms with E-state index in [0.717, 1.165) is 0 Å². The first-order valence-corrected chi connectivity index (χ1v) is 9.56. The van der Waals surface area contributed by atoms with Gasteiger partial charge >= 0.3 is 0 Å². The van der Waals surface area contributed by atoms with Crippen molar-refractivity contribution in [1.82, 2.24) is 10.6 Å². The summed E-state index contributed by atoms with van der Waals surface area (Å²) < 4.78 is 27.8. The van der Waals surface area contributed by atoms with E-state index in [2.05, 4.69) is 10.6 Å². The van der Waals surface area contributed by atoms with Crippen LogP contribution in [-0.2, 0) is 33.3 Å². The number of hydrogen-bond acceptors (Lipinski definition) is 11. The predicted molar refractivity (Wildman–Crippen MR) is 94.7 cm³/mol. The van der Waals surface area contributed by atoms with Crippen molar-refractivity contribution in [2.75, 3.05) is 26.9 Å². The summed E-state index contributed by atoms with van der Waals surface area (Å²) in [6, 6.07) is -1.00. The molecule has 3 saturated heterocycles. The van der Waals surface area contributed by atoms with Crippen molar-refractivity contribution >= 4 is 11.8 Å². The normalized spacial score (nSPS) is 44.9. The van der Waals surface area contributed by atoms with Gasteiger partial charge in [-0.15, -0.1) is 0 Å². The van der Waals surface area contributed by atoms with E-state index in [0.29, 0.717) is 0 Å².